The number of nitrogens with one attached hydrogen (secondary N) is 1. The van der Waals surface area contributed by atoms with Crippen LogP contribution in [0.5, 0.6) is 0 Å². The van der Waals surface area contributed by atoms with E-state index in [4.69, 9.17) is 0 Å². The SMILES string of the molecule is CCNC(=O)CN(CC)C(=O)c1nn(CC(C)C)c(=O)c2ccccc12. The summed E-state index contributed by atoms with van der Waals surface area (Å²) in [5.74, 6) is -0.364. The van der Waals surface area contributed by atoms with Crippen molar-refractivity contribution in [2.75, 3.05) is 19.6 Å². The summed E-state index contributed by atoms with van der Waals surface area (Å²) in [6.07, 6.45) is 0. The van der Waals surface area contributed by atoms with Crippen LogP contribution >= 0.6 is 0 Å². The number of fused-ring (bicyclic) bond motifs is 1. The topological polar surface area (TPSA) is 84.3 Å². The van der Waals surface area contributed by atoms with Crippen LogP contribution in [-0.2, 0) is 11.3 Å². The van der Waals surface area contributed by atoms with Crippen LogP contribution in [0.2, 0.25) is 0 Å². The van der Waals surface area contributed by atoms with Crippen LogP contribution in [0.1, 0.15) is 38.2 Å². The summed E-state index contributed by atoms with van der Waals surface area (Å²) in [7, 11) is 0. The zero-order valence-electron chi connectivity index (χ0n) is 15.8. The number of hydrogen-bond acceptors (Lipinski definition) is 4. The molecule has 0 bridgehead atoms. The molecule has 0 saturated heterocycles. The molecular formula is C19H26N4O3. The van der Waals surface area contributed by atoms with Crippen LogP contribution in [0, 0.1) is 5.92 Å². The summed E-state index contributed by atoms with van der Waals surface area (Å²) in [4.78, 5) is 39.0. The molecule has 1 heterocycles. The third-order valence-corrected chi connectivity index (χ3v) is 3.99. The van der Waals surface area contributed by atoms with Gasteiger partial charge < -0.3 is 10.2 Å². The van der Waals surface area contributed by atoms with Gasteiger partial charge in [0.25, 0.3) is 11.5 Å². The molecule has 2 aromatic rings. The Labute approximate surface area is 153 Å². The van der Waals surface area contributed by atoms with Gasteiger partial charge in [-0.25, -0.2) is 4.68 Å². The van der Waals surface area contributed by atoms with E-state index in [-0.39, 0.29) is 35.5 Å². The van der Waals surface area contributed by atoms with Gasteiger partial charge in [0.05, 0.1) is 11.9 Å². The fraction of sp³-hybridized carbons (Fsp3) is 0.474. The fourth-order valence-electron chi connectivity index (χ4n) is 2.77. The average Bonchev–Trinajstić information content (AvgIpc) is 2.61. The third-order valence-electron chi connectivity index (χ3n) is 3.99. The van der Waals surface area contributed by atoms with Crippen LogP contribution < -0.4 is 10.9 Å². The van der Waals surface area contributed by atoms with Crippen molar-refractivity contribution in [3.8, 4) is 0 Å². The van der Waals surface area contributed by atoms with Crippen LogP contribution in [0.4, 0.5) is 0 Å². The maximum atomic E-state index is 13.0. The molecule has 0 unspecified atom stereocenters. The minimum Gasteiger partial charge on any atom is -0.355 e. The lowest BCUT2D eigenvalue weighted by Gasteiger charge is -2.21. The van der Waals surface area contributed by atoms with Crippen LogP contribution in [-0.4, -0.2) is 46.1 Å². The largest absolute Gasteiger partial charge is 0.355 e. The molecule has 1 aromatic carbocycles. The van der Waals surface area contributed by atoms with Gasteiger partial charge >= 0.3 is 0 Å². The molecule has 7 nitrogen and oxygen atoms in total. The number of benzene rings is 1. The molecular weight excluding hydrogens is 332 g/mol. The molecule has 140 valence electrons. The summed E-state index contributed by atoms with van der Waals surface area (Å²) in [5.41, 5.74) is -0.00961. The zero-order valence-corrected chi connectivity index (χ0v) is 15.8. The molecule has 2 rings (SSSR count). The van der Waals surface area contributed by atoms with Crippen LogP contribution in [0.3, 0.4) is 0 Å². The second-order valence-corrected chi connectivity index (χ2v) is 6.55. The number of rotatable bonds is 7. The van der Waals surface area contributed by atoms with E-state index in [2.05, 4.69) is 10.4 Å². The number of likely N-dealkylation sites (N-methyl/N-ethyl adjacent to an activating group) is 2. The highest BCUT2D eigenvalue weighted by Crippen LogP contribution is 2.15. The van der Waals surface area contributed by atoms with Gasteiger partial charge in [-0.05, 0) is 25.8 Å². The summed E-state index contributed by atoms with van der Waals surface area (Å²) in [6, 6.07) is 6.96. The highest BCUT2D eigenvalue weighted by atomic mass is 16.2. The van der Waals surface area contributed by atoms with E-state index in [9.17, 15) is 14.4 Å². The van der Waals surface area contributed by atoms with E-state index in [0.717, 1.165) is 0 Å². The lowest BCUT2D eigenvalue weighted by Crippen LogP contribution is -2.41. The van der Waals surface area contributed by atoms with Crippen molar-refractivity contribution >= 4 is 22.6 Å². The van der Waals surface area contributed by atoms with E-state index in [1.165, 1.54) is 9.58 Å². The molecule has 26 heavy (non-hydrogen) atoms. The molecule has 0 aliphatic carbocycles. The second kappa shape index (κ2) is 8.60. The normalized spacial score (nSPS) is 11.0. The molecule has 0 aliphatic rings. The fourth-order valence-corrected chi connectivity index (χ4v) is 2.77. The molecule has 2 amide bonds. The average molecular weight is 358 g/mol. The first kappa shape index (κ1) is 19.6. The Kier molecular flexibility index (Phi) is 6.49. The smallest absolute Gasteiger partial charge is 0.275 e. The van der Waals surface area contributed by atoms with Gasteiger partial charge in [0.2, 0.25) is 5.91 Å². The minimum atomic E-state index is -0.354. The maximum Gasteiger partial charge on any atom is 0.275 e. The minimum absolute atomic E-state index is 0.0392. The number of nitrogens with zero attached hydrogens (tertiary/aromatic N) is 3. The number of carbonyl (C=O) groups is 2. The molecule has 0 saturated carbocycles. The number of aromatic nitrogens is 2. The molecule has 1 N–H and O–H groups in total. The van der Waals surface area contributed by atoms with Gasteiger partial charge in [0.15, 0.2) is 5.69 Å². The van der Waals surface area contributed by atoms with Gasteiger partial charge in [-0.1, -0.05) is 32.0 Å². The van der Waals surface area contributed by atoms with Gasteiger partial charge in [-0.15, -0.1) is 0 Å². The molecule has 0 radical (unpaired) electrons. The second-order valence-electron chi connectivity index (χ2n) is 6.55. The Hall–Kier alpha value is -2.70. The molecule has 7 heteroatoms. The van der Waals surface area contributed by atoms with Crippen LogP contribution in [0.15, 0.2) is 29.1 Å². The zero-order chi connectivity index (χ0) is 19.3. The van der Waals surface area contributed by atoms with Crippen molar-refractivity contribution in [2.24, 2.45) is 5.92 Å². The monoisotopic (exact) mass is 358 g/mol. The standard InChI is InChI=1S/C19H26N4O3/c1-5-20-16(24)12-22(6-2)19(26)17-14-9-7-8-10-15(14)18(25)23(21-17)11-13(3)4/h7-10,13H,5-6,11-12H2,1-4H3,(H,20,24). The highest BCUT2D eigenvalue weighted by molar-refractivity contribution is 6.05. The van der Waals surface area contributed by atoms with Crippen molar-refractivity contribution < 1.29 is 9.59 Å². The van der Waals surface area contributed by atoms with Crippen molar-refractivity contribution in [2.45, 2.75) is 34.2 Å². The van der Waals surface area contributed by atoms with Crippen molar-refractivity contribution in [3.63, 3.8) is 0 Å². The highest BCUT2D eigenvalue weighted by Gasteiger charge is 2.23. The Morgan fingerprint density at radius 3 is 2.42 bits per heavy atom. The molecule has 0 aliphatic heterocycles. The molecule has 0 fully saturated rings. The van der Waals surface area contributed by atoms with Crippen molar-refractivity contribution in [1.29, 1.82) is 0 Å². The summed E-state index contributed by atoms with van der Waals surface area (Å²) in [5, 5.41) is 8.01. The van der Waals surface area contributed by atoms with Crippen LogP contribution in [0.25, 0.3) is 10.8 Å². The van der Waals surface area contributed by atoms with E-state index in [1.807, 2.05) is 27.7 Å². The summed E-state index contributed by atoms with van der Waals surface area (Å²) < 4.78 is 1.35. The van der Waals surface area contributed by atoms with Gasteiger partial charge in [0, 0.05) is 25.0 Å². The van der Waals surface area contributed by atoms with Gasteiger partial charge in [-0.2, -0.15) is 5.10 Å². The first-order valence-corrected chi connectivity index (χ1v) is 8.94. The lowest BCUT2D eigenvalue weighted by atomic mass is 10.1. The molecule has 0 atom stereocenters. The Bertz CT molecular complexity index is 857. The molecule has 0 spiro atoms. The maximum absolute atomic E-state index is 13.0. The van der Waals surface area contributed by atoms with E-state index >= 15 is 0 Å². The molecule has 1 aromatic heterocycles. The third kappa shape index (κ3) is 4.28. The number of hydrogen-bond donors (Lipinski definition) is 1. The van der Waals surface area contributed by atoms with E-state index in [0.29, 0.717) is 30.4 Å². The van der Waals surface area contributed by atoms with Crippen molar-refractivity contribution in [3.05, 3.63) is 40.3 Å². The Morgan fingerprint density at radius 1 is 1.19 bits per heavy atom. The quantitative estimate of drug-likeness (QED) is 0.816. The lowest BCUT2D eigenvalue weighted by molar-refractivity contribution is -0.121. The van der Waals surface area contributed by atoms with E-state index in [1.54, 1.807) is 24.3 Å². The first-order chi connectivity index (χ1) is 12.4. The number of amides is 2. The Morgan fingerprint density at radius 2 is 1.85 bits per heavy atom. The van der Waals surface area contributed by atoms with Crippen molar-refractivity contribution in [1.82, 2.24) is 20.0 Å². The van der Waals surface area contributed by atoms with Gasteiger partial charge in [0.1, 0.15) is 0 Å². The predicted molar refractivity (Wildman–Crippen MR) is 101 cm³/mol. The summed E-state index contributed by atoms with van der Waals surface area (Å²) in [6.45, 7) is 8.86. The summed E-state index contributed by atoms with van der Waals surface area (Å²) >= 11 is 0. The first-order valence-electron chi connectivity index (χ1n) is 8.94. The number of carbonyl (C=O) groups excluding carboxylic acids is 2. The van der Waals surface area contributed by atoms with E-state index < -0.39 is 0 Å². The predicted octanol–water partition coefficient (Wildman–Crippen LogP) is 1.65. The van der Waals surface area contributed by atoms with Gasteiger partial charge in [-0.3, -0.25) is 14.4 Å². The Balaban J connectivity index is 2.52.